The van der Waals surface area contributed by atoms with Crippen molar-refractivity contribution in [3.63, 3.8) is 0 Å². The maximum atomic E-state index is 14.2. The molecule has 0 spiro atoms. The van der Waals surface area contributed by atoms with Crippen LogP contribution in [0.1, 0.15) is 52.6 Å². The molecule has 0 radical (unpaired) electrons. The Labute approximate surface area is 212 Å². The SMILES string of the molecule is Cc1ccc(C(=O)N(CC(=O)N2c3ccccc3-n3cccc3C2c2ccc(C)cc2)C(C)C)cc1. The average Bonchev–Trinajstić information content (AvgIpc) is 3.37. The van der Waals surface area contributed by atoms with E-state index in [4.69, 9.17) is 0 Å². The minimum absolute atomic E-state index is 0.0121. The molecule has 0 fully saturated rings. The zero-order valence-electron chi connectivity index (χ0n) is 21.2. The number of amides is 2. The van der Waals surface area contributed by atoms with Gasteiger partial charge in [-0.25, -0.2) is 0 Å². The van der Waals surface area contributed by atoms with Crippen molar-refractivity contribution in [2.75, 3.05) is 11.4 Å². The van der Waals surface area contributed by atoms with E-state index in [1.165, 1.54) is 0 Å². The maximum Gasteiger partial charge on any atom is 0.254 e. The van der Waals surface area contributed by atoms with E-state index in [9.17, 15) is 9.59 Å². The van der Waals surface area contributed by atoms with Gasteiger partial charge in [-0.3, -0.25) is 14.5 Å². The quantitative estimate of drug-likeness (QED) is 0.350. The van der Waals surface area contributed by atoms with Crippen LogP contribution in [0.15, 0.2) is 91.1 Å². The van der Waals surface area contributed by atoms with Crippen molar-refractivity contribution in [2.24, 2.45) is 0 Å². The highest BCUT2D eigenvalue weighted by Crippen LogP contribution is 2.42. The minimum Gasteiger partial charge on any atom is -0.327 e. The van der Waals surface area contributed by atoms with E-state index in [2.05, 4.69) is 41.8 Å². The molecule has 4 aromatic rings. The first-order chi connectivity index (χ1) is 17.3. The van der Waals surface area contributed by atoms with Gasteiger partial charge >= 0.3 is 0 Å². The zero-order valence-corrected chi connectivity index (χ0v) is 21.2. The smallest absolute Gasteiger partial charge is 0.254 e. The summed E-state index contributed by atoms with van der Waals surface area (Å²) in [6.07, 6.45) is 2.04. The van der Waals surface area contributed by atoms with Crippen molar-refractivity contribution in [3.05, 3.63) is 119 Å². The van der Waals surface area contributed by atoms with E-state index >= 15 is 0 Å². The Balaban J connectivity index is 1.56. The third-order valence-corrected chi connectivity index (χ3v) is 6.87. The molecule has 1 aliphatic heterocycles. The van der Waals surface area contributed by atoms with Crippen LogP contribution < -0.4 is 4.90 Å². The number of aromatic nitrogens is 1. The second-order valence-corrected chi connectivity index (χ2v) is 9.76. The second kappa shape index (κ2) is 9.50. The van der Waals surface area contributed by atoms with E-state index in [0.717, 1.165) is 33.8 Å². The van der Waals surface area contributed by atoms with Gasteiger partial charge in [0.25, 0.3) is 5.91 Å². The summed E-state index contributed by atoms with van der Waals surface area (Å²) in [7, 11) is 0. The molecular weight excluding hydrogens is 446 g/mol. The van der Waals surface area contributed by atoms with Gasteiger partial charge in [0, 0.05) is 17.8 Å². The Morgan fingerprint density at radius 3 is 2.06 bits per heavy atom. The molecule has 182 valence electrons. The summed E-state index contributed by atoms with van der Waals surface area (Å²) in [5.74, 6) is -0.256. The van der Waals surface area contributed by atoms with Gasteiger partial charge in [0.05, 0.1) is 17.1 Å². The van der Waals surface area contributed by atoms with Crippen LogP contribution in [0.4, 0.5) is 5.69 Å². The molecule has 0 aliphatic carbocycles. The number of fused-ring (bicyclic) bond motifs is 3. The fraction of sp³-hybridized carbons (Fsp3) is 0.226. The van der Waals surface area contributed by atoms with Crippen molar-refractivity contribution in [3.8, 4) is 5.69 Å². The number of para-hydroxylation sites is 2. The molecule has 2 amide bonds. The third kappa shape index (κ3) is 4.22. The van der Waals surface area contributed by atoms with Gasteiger partial charge in [-0.15, -0.1) is 0 Å². The summed E-state index contributed by atoms with van der Waals surface area (Å²) < 4.78 is 2.15. The fourth-order valence-corrected chi connectivity index (χ4v) is 4.90. The topological polar surface area (TPSA) is 45.6 Å². The van der Waals surface area contributed by atoms with Gasteiger partial charge in [0.15, 0.2) is 0 Å². The number of anilines is 1. The van der Waals surface area contributed by atoms with Crippen molar-refractivity contribution in [1.82, 2.24) is 9.47 Å². The minimum atomic E-state index is -0.300. The summed E-state index contributed by atoms with van der Waals surface area (Å²) in [6.45, 7) is 7.94. The van der Waals surface area contributed by atoms with Crippen molar-refractivity contribution >= 4 is 17.5 Å². The van der Waals surface area contributed by atoms with Gasteiger partial charge in [0.1, 0.15) is 12.6 Å². The molecule has 2 heterocycles. The molecule has 0 saturated heterocycles. The molecule has 5 heteroatoms. The molecule has 5 nitrogen and oxygen atoms in total. The third-order valence-electron chi connectivity index (χ3n) is 6.87. The van der Waals surface area contributed by atoms with Crippen LogP contribution >= 0.6 is 0 Å². The molecule has 36 heavy (non-hydrogen) atoms. The average molecular weight is 478 g/mol. The molecular formula is C31H31N3O2. The summed E-state index contributed by atoms with van der Waals surface area (Å²) in [6, 6.07) is 27.4. The van der Waals surface area contributed by atoms with Gasteiger partial charge < -0.3 is 9.47 Å². The Kier molecular flexibility index (Phi) is 6.23. The predicted octanol–water partition coefficient (Wildman–Crippen LogP) is 6.08. The Morgan fingerprint density at radius 1 is 0.806 bits per heavy atom. The monoisotopic (exact) mass is 477 g/mol. The lowest BCUT2D eigenvalue weighted by Crippen LogP contribution is -2.48. The number of carbonyl (C=O) groups excluding carboxylic acids is 2. The van der Waals surface area contributed by atoms with Crippen molar-refractivity contribution in [1.29, 1.82) is 0 Å². The highest BCUT2D eigenvalue weighted by molar-refractivity contribution is 6.02. The number of aryl methyl sites for hydroxylation is 2. The maximum absolute atomic E-state index is 14.2. The molecule has 5 rings (SSSR count). The van der Waals surface area contributed by atoms with Crippen LogP contribution in [-0.4, -0.2) is 33.9 Å². The summed E-state index contributed by atoms with van der Waals surface area (Å²) >= 11 is 0. The van der Waals surface area contributed by atoms with Crippen LogP contribution in [0, 0.1) is 13.8 Å². The summed E-state index contributed by atoms with van der Waals surface area (Å²) in [4.78, 5) is 31.2. The number of hydrogen-bond donors (Lipinski definition) is 0. The molecule has 1 unspecified atom stereocenters. The van der Waals surface area contributed by atoms with Gasteiger partial charge in [-0.2, -0.15) is 0 Å². The van der Waals surface area contributed by atoms with Crippen LogP contribution in [0.25, 0.3) is 5.69 Å². The van der Waals surface area contributed by atoms with Gasteiger partial charge in [-0.1, -0.05) is 59.7 Å². The molecule has 0 saturated carbocycles. The fourth-order valence-electron chi connectivity index (χ4n) is 4.90. The van der Waals surface area contributed by atoms with Gasteiger partial charge in [-0.05, 0) is 69.7 Å². The first-order valence-electron chi connectivity index (χ1n) is 12.4. The number of carbonyl (C=O) groups is 2. The van der Waals surface area contributed by atoms with E-state index in [1.807, 2.05) is 86.5 Å². The molecule has 1 aliphatic rings. The highest BCUT2D eigenvalue weighted by atomic mass is 16.2. The normalized spacial score (nSPS) is 14.4. The van der Waals surface area contributed by atoms with E-state index in [1.54, 1.807) is 4.90 Å². The van der Waals surface area contributed by atoms with E-state index in [-0.39, 0.29) is 30.4 Å². The largest absolute Gasteiger partial charge is 0.327 e. The lowest BCUT2D eigenvalue weighted by Gasteiger charge is -2.40. The van der Waals surface area contributed by atoms with Crippen LogP contribution in [0.5, 0.6) is 0 Å². The van der Waals surface area contributed by atoms with E-state index < -0.39 is 0 Å². The Morgan fingerprint density at radius 2 is 1.42 bits per heavy atom. The number of rotatable bonds is 5. The lowest BCUT2D eigenvalue weighted by molar-refractivity contribution is -0.120. The van der Waals surface area contributed by atoms with Gasteiger partial charge in [0.2, 0.25) is 5.91 Å². The number of benzene rings is 3. The van der Waals surface area contributed by atoms with Crippen molar-refractivity contribution < 1.29 is 9.59 Å². The second-order valence-electron chi connectivity index (χ2n) is 9.76. The predicted molar refractivity (Wildman–Crippen MR) is 144 cm³/mol. The Bertz CT molecular complexity index is 1400. The highest BCUT2D eigenvalue weighted by Gasteiger charge is 2.37. The standard InChI is InChI=1S/C31H31N3O2/c1-21(2)33(31(36)25-17-13-23(4)14-18-25)20-29(35)34-27-9-6-5-8-26(27)32-19-7-10-28(32)30(34)24-15-11-22(3)12-16-24/h5-19,21,30H,20H2,1-4H3. The zero-order chi connectivity index (χ0) is 25.4. The molecule has 1 aromatic heterocycles. The molecule has 1 atom stereocenters. The molecule has 0 bridgehead atoms. The van der Waals surface area contributed by atoms with Crippen LogP contribution in [0.3, 0.4) is 0 Å². The molecule has 3 aromatic carbocycles. The summed E-state index contributed by atoms with van der Waals surface area (Å²) in [5.41, 5.74) is 6.69. The van der Waals surface area contributed by atoms with Crippen molar-refractivity contribution in [2.45, 2.75) is 39.8 Å². The summed E-state index contributed by atoms with van der Waals surface area (Å²) in [5, 5.41) is 0. The first-order valence-corrected chi connectivity index (χ1v) is 12.4. The first kappa shape index (κ1) is 23.6. The van der Waals surface area contributed by atoms with Crippen LogP contribution in [0.2, 0.25) is 0 Å². The number of nitrogens with zero attached hydrogens (tertiary/aromatic N) is 3. The van der Waals surface area contributed by atoms with Crippen LogP contribution in [-0.2, 0) is 4.79 Å². The number of hydrogen-bond acceptors (Lipinski definition) is 2. The lowest BCUT2D eigenvalue weighted by atomic mass is 9.97. The van der Waals surface area contributed by atoms with E-state index in [0.29, 0.717) is 5.56 Å². The Hall–Kier alpha value is -4.12. The molecule has 0 N–H and O–H groups in total.